The van der Waals surface area contributed by atoms with Gasteiger partial charge in [-0.3, -0.25) is 9.36 Å². The number of hydrogen-bond acceptors (Lipinski definition) is 2. The highest BCUT2D eigenvalue weighted by atomic mass is 16.1. The third-order valence-electron chi connectivity index (χ3n) is 3.95. The molecule has 0 aliphatic carbocycles. The first-order valence-electron chi connectivity index (χ1n) is 7.01. The van der Waals surface area contributed by atoms with Gasteiger partial charge >= 0.3 is 0 Å². The first-order chi connectivity index (χ1) is 10.1. The highest BCUT2D eigenvalue weighted by molar-refractivity contribution is 5.99. The number of anilines is 1. The molecule has 0 bridgehead atoms. The molecule has 0 atom stereocenters. The quantitative estimate of drug-likeness (QED) is 0.742. The topological polar surface area (TPSA) is 46.9 Å². The molecular formula is C17H15N3O. The van der Waals surface area contributed by atoms with Crippen molar-refractivity contribution < 1.29 is 4.79 Å². The number of carbonyl (C=O) groups excluding carboxylic acids is 1. The molecule has 2 aromatic heterocycles. The van der Waals surface area contributed by atoms with E-state index in [0.29, 0.717) is 6.42 Å². The van der Waals surface area contributed by atoms with E-state index in [0.717, 1.165) is 39.4 Å². The molecular weight excluding hydrogens is 262 g/mol. The van der Waals surface area contributed by atoms with Crippen LogP contribution in [0.3, 0.4) is 0 Å². The summed E-state index contributed by atoms with van der Waals surface area (Å²) in [7, 11) is 0. The average molecular weight is 277 g/mol. The van der Waals surface area contributed by atoms with Crippen molar-refractivity contribution >= 4 is 22.6 Å². The molecule has 0 spiro atoms. The molecule has 1 N–H and O–H groups in total. The minimum Gasteiger partial charge on any atom is -0.326 e. The average Bonchev–Trinajstić information content (AvgIpc) is 2.95. The lowest BCUT2D eigenvalue weighted by Crippen LogP contribution is -2.03. The van der Waals surface area contributed by atoms with Gasteiger partial charge in [0.1, 0.15) is 5.65 Å². The molecule has 21 heavy (non-hydrogen) atoms. The van der Waals surface area contributed by atoms with Gasteiger partial charge in [-0.05, 0) is 55.8 Å². The first-order valence-corrected chi connectivity index (χ1v) is 7.01. The van der Waals surface area contributed by atoms with Gasteiger partial charge in [0.25, 0.3) is 0 Å². The van der Waals surface area contributed by atoms with Crippen LogP contribution in [0.15, 0.2) is 36.4 Å². The van der Waals surface area contributed by atoms with E-state index < -0.39 is 0 Å². The van der Waals surface area contributed by atoms with Crippen LogP contribution in [-0.2, 0) is 11.2 Å². The molecule has 3 heterocycles. The molecule has 4 nitrogen and oxygen atoms in total. The Labute approximate surface area is 122 Å². The number of carbonyl (C=O) groups is 1. The SMILES string of the molecule is Cc1ccc2cc(C)n(-c3ccc4c(c3)CC(=O)N4)c2n1. The van der Waals surface area contributed by atoms with E-state index in [1.807, 2.05) is 25.1 Å². The number of rotatable bonds is 1. The van der Waals surface area contributed by atoms with Crippen LogP contribution in [0.25, 0.3) is 16.7 Å². The fourth-order valence-corrected chi connectivity index (χ4v) is 2.98. The summed E-state index contributed by atoms with van der Waals surface area (Å²) in [5.41, 5.74) is 6.12. The van der Waals surface area contributed by atoms with Crippen molar-refractivity contribution in [1.82, 2.24) is 9.55 Å². The number of hydrogen-bond donors (Lipinski definition) is 1. The van der Waals surface area contributed by atoms with E-state index in [1.165, 1.54) is 0 Å². The zero-order valence-corrected chi connectivity index (χ0v) is 12.0. The van der Waals surface area contributed by atoms with Gasteiger partial charge < -0.3 is 5.32 Å². The van der Waals surface area contributed by atoms with Crippen LogP contribution < -0.4 is 5.32 Å². The summed E-state index contributed by atoms with van der Waals surface area (Å²) >= 11 is 0. The molecule has 1 aromatic carbocycles. The van der Waals surface area contributed by atoms with E-state index >= 15 is 0 Å². The van der Waals surface area contributed by atoms with Gasteiger partial charge in [0.15, 0.2) is 0 Å². The maximum Gasteiger partial charge on any atom is 0.228 e. The molecule has 4 rings (SSSR count). The fraction of sp³-hybridized carbons (Fsp3) is 0.176. The summed E-state index contributed by atoms with van der Waals surface area (Å²) in [6.45, 7) is 4.07. The number of benzene rings is 1. The van der Waals surface area contributed by atoms with E-state index in [2.05, 4.69) is 40.0 Å². The van der Waals surface area contributed by atoms with Crippen molar-refractivity contribution in [3.63, 3.8) is 0 Å². The molecule has 0 saturated carbocycles. The van der Waals surface area contributed by atoms with Gasteiger partial charge in [0.05, 0.1) is 6.42 Å². The lowest BCUT2D eigenvalue weighted by atomic mass is 10.1. The van der Waals surface area contributed by atoms with E-state index in [4.69, 9.17) is 0 Å². The minimum atomic E-state index is 0.0604. The number of nitrogens with zero attached hydrogens (tertiary/aromatic N) is 2. The number of nitrogens with one attached hydrogen (secondary N) is 1. The number of aryl methyl sites for hydroxylation is 2. The highest BCUT2D eigenvalue weighted by Crippen LogP contribution is 2.28. The largest absolute Gasteiger partial charge is 0.326 e. The van der Waals surface area contributed by atoms with Crippen LogP contribution >= 0.6 is 0 Å². The molecule has 1 amide bonds. The van der Waals surface area contributed by atoms with Crippen molar-refractivity contribution in [2.45, 2.75) is 20.3 Å². The number of aromatic nitrogens is 2. The van der Waals surface area contributed by atoms with E-state index in [-0.39, 0.29) is 5.91 Å². The molecule has 3 aromatic rings. The number of pyridine rings is 1. The van der Waals surface area contributed by atoms with Gasteiger partial charge in [-0.1, -0.05) is 0 Å². The summed E-state index contributed by atoms with van der Waals surface area (Å²) in [5.74, 6) is 0.0604. The molecule has 0 radical (unpaired) electrons. The highest BCUT2D eigenvalue weighted by Gasteiger charge is 2.18. The number of fused-ring (bicyclic) bond motifs is 2. The Morgan fingerprint density at radius 3 is 2.86 bits per heavy atom. The molecule has 0 unspecified atom stereocenters. The second-order valence-corrected chi connectivity index (χ2v) is 5.55. The summed E-state index contributed by atoms with van der Waals surface area (Å²) in [6, 6.07) is 12.3. The monoisotopic (exact) mass is 277 g/mol. The maximum atomic E-state index is 11.5. The Bertz CT molecular complexity index is 892. The first kappa shape index (κ1) is 12.1. The molecule has 1 aliphatic heterocycles. The van der Waals surface area contributed by atoms with Crippen molar-refractivity contribution in [2.24, 2.45) is 0 Å². The van der Waals surface area contributed by atoms with Crippen LogP contribution in [0.1, 0.15) is 17.0 Å². The zero-order valence-electron chi connectivity index (χ0n) is 12.0. The second-order valence-electron chi connectivity index (χ2n) is 5.55. The third-order valence-corrected chi connectivity index (χ3v) is 3.95. The van der Waals surface area contributed by atoms with Crippen LogP contribution in [0.4, 0.5) is 5.69 Å². The predicted molar refractivity (Wildman–Crippen MR) is 82.9 cm³/mol. The van der Waals surface area contributed by atoms with Gasteiger partial charge in [-0.15, -0.1) is 0 Å². The Hall–Kier alpha value is -2.62. The molecule has 1 aliphatic rings. The van der Waals surface area contributed by atoms with Gasteiger partial charge in [0, 0.05) is 28.1 Å². The minimum absolute atomic E-state index is 0.0604. The van der Waals surface area contributed by atoms with Crippen LogP contribution in [0.5, 0.6) is 0 Å². The summed E-state index contributed by atoms with van der Waals surface area (Å²) < 4.78 is 2.14. The van der Waals surface area contributed by atoms with Gasteiger partial charge in [-0.2, -0.15) is 0 Å². The second kappa shape index (κ2) is 4.19. The molecule has 0 saturated heterocycles. The lowest BCUT2D eigenvalue weighted by molar-refractivity contribution is -0.115. The van der Waals surface area contributed by atoms with Crippen LogP contribution in [0, 0.1) is 13.8 Å². The summed E-state index contributed by atoms with van der Waals surface area (Å²) in [4.78, 5) is 16.2. The normalized spacial score (nSPS) is 13.5. The Balaban J connectivity index is 1.95. The Morgan fingerprint density at radius 2 is 2.00 bits per heavy atom. The third kappa shape index (κ3) is 1.83. The van der Waals surface area contributed by atoms with Crippen LogP contribution in [-0.4, -0.2) is 15.5 Å². The maximum absolute atomic E-state index is 11.5. The smallest absolute Gasteiger partial charge is 0.228 e. The zero-order chi connectivity index (χ0) is 14.6. The fourth-order valence-electron chi connectivity index (χ4n) is 2.98. The van der Waals surface area contributed by atoms with Gasteiger partial charge in [-0.25, -0.2) is 4.98 Å². The Morgan fingerprint density at radius 1 is 1.14 bits per heavy atom. The Kier molecular flexibility index (Phi) is 2.42. The molecule has 0 fully saturated rings. The van der Waals surface area contributed by atoms with Crippen molar-refractivity contribution in [3.8, 4) is 5.69 Å². The predicted octanol–water partition coefficient (Wildman–Crippen LogP) is 3.14. The van der Waals surface area contributed by atoms with Crippen molar-refractivity contribution in [3.05, 3.63) is 53.3 Å². The lowest BCUT2D eigenvalue weighted by Gasteiger charge is -2.09. The summed E-state index contributed by atoms with van der Waals surface area (Å²) in [6.07, 6.45) is 0.452. The van der Waals surface area contributed by atoms with Gasteiger partial charge in [0.2, 0.25) is 5.91 Å². The van der Waals surface area contributed by atoms with E-state index in [1.54, 1.807) is 0 Å². The van der Waals surface area contributed by atoms with Crippen molar-refractivity contribution in [2.75, 3.05) is 5.32 Å². The van der Waals surface area contributed by atoms with Crippen LogP contribution in [0.2, 0.25) is 0 Å². The molecule has 104 valence electrons. The molecule has 4 heteroatoms. The van der Waals surface area contributed by atoms with Crippen molar-refractivity contribution in [1.29, 1.82) is 0 Å². The summed E-state index contributed by atoms with van der Waals surface area (Å²) in [5, 5.41) is 4.00. The number of amides is 1. The standard InChI is InChI=1S/C17H15N3O/c1-10-3-4-12-7-11(2)20(17(12)18-10)14-5-6-15-13(8-14)9-16(21)19-15/h3-8H,9H2,1-2H3,(H,19,21). The van der Waals surface area contributed by atoms with E-state index in [9.17, 15) is 4.79 Å².